The summed E-state index contributed by atoms with van der Waals surface area (Å²) in [5, 5.41) is 9.23. The lowest BCUT2D eigenvalue weighted by atomic mass is 10.1. The molecule has 2 N–H and O–H groups in total. The number of rotatable bonds is 2. The largest absolute Gasteiger partial charge is 0.369 e. The van der Waals surface area contributed by atoms with Crippen LogP contribution in [0.25, 0.3) is 0 Å². The summed E-state index contributed by atoms with van der Waals surface area (Å²) in [7, 11) is 0. The minimum absolute atomic E-state index is 0.395. The highest BCUT2D eigenvalue weighted by molar-refractivity contribution is 6.53. The fourth-order valence-corrected chi connectivity index (χ4v) is 3.04. The van der Waals surface area contributed by atoms with Crippen LogP contribution < -0.4 is 5.73 Å². The highest BCUT2D eigenvalue weighted by Gasteiger charge is 2.67. The van der Waals surface area contributed by atoms with Crippen LogP contribution in [0.3, 0.4) is 0 Å². The van der Waals surface area contributed by atoms with Crippen LogP contribution in [0.2, 0.25) is 5.02 Å². The zero-order valence-electron chi connectivity index (χ0n) is 8.45. The summed E-state index contributed by atoms with van der Waals surface area (Å²) in [4.78, 5) is 11.2. The lowest BCUT2D eigenvalue weighted by molar-refractivity contribution is -0.119. The third kappa shape index (κ3) is 2.09. The predicted molar refractivity (Wildman–Crippen MR) is 66.0 cm³/mol. The van der Waals surface area contributed by atoms with E-state index in [1.165, 1.54) is 6.07 Å². The number of amides is 1. The van der Waals surface area contributed by atoms with E-state index in [2.05, 4.69) is 0 Å². The van der Waals surface area contributed by atoms with Gasteiger partial charge in [-0.15, -0.1) is 23.2 Å². The van der Waals surface area contributed by atoms with Gasteiger partial charge in [-0.05, 0) is 23.8 Å². The molecule has 1 aliphatic rings. The van der Waals surface area contributed by atoms with Gasteiger partial charge >= 0.3 is 0 Å². The van der Waals surface area contributed by atoms with E-state index in [0.29, 0.717) is 16.1 Å². The molecule has 2 rings (SSSR count). The van der Waals surface area contributed by atoms with E-state index in [9.17, 15) is 4.79 Å². The van der Waals surface area contributed by atoms with Crippen LogP contribution in [0, 0.1) is 17.2 Å². The number of carbonyl (C=O) groups is 1. The maximum Gasteiger partial charge on any atom is 0.224 e. The lowest BCUT2D eigenvalue weighted by Crippen LogP contribution is -2.16. The Hall–Kier alpha value is -0.950. The van der Waals surface area contributed by atoms with Gasteiger partial charge in [0.25, 0.3) is 0 Å². The standard InChI is InChI=1S/C11H7Cl3N2O/c12-7-2-5(4-15)1-6(3-7)8-9(10(16)17)11(8,13)14/h1-3,8-9H,(H2,16,17). The number of halogens is 3. The van der Waals surface area contributed by atoms with Gasteiger partial charge in [-0.3, -0.25) is 4.79 Å². The van der Waals surface area contributed by atoms with Crippen molar-refractivity contribution in [3.8, 4) is 6.07 Å². The molecule has 1 aromatic carbocycles. The van der Waals surface area contributed by atoms with E-state index in [4.69, 9.17) is 45.8 Å². The van der Waals surface area contributed by atoms with Crippen molar-refractivity contribution >= 4 is 40.7 Å². The predicted octanol–water partition coefficient (Wildman–Crippen LogP) is 2.58. The molecular formula is C11H7Cl3N2O. The molecule has 0 bridgehead atoms. The Morgan fingerprint density at radius 1 is 1.41 bits per heavy atom. The minimum Gasteiger partial charge on any atom is -0.369 e. The van der Waals surface area contributed by atoms with Gasteiger partial charge < -0.3 is 5.73 Å². The van der Waals surface area contributed by atoms with E-state index >= 15 is 0 Å². The Morgan fingerprint density at radius 3 is 2.53 bits per heavy atom. The fourth-order valence-electron chi connectivity index (χ4n) is 1.95. The molecule has 1 fully saturated rings. The first-order valence-electron chi connectivity index (χ1n) is 4.75. The van der Waals surface area contributed by atoms with Crippen LogP contribution in [-0.2, 0) is 4.79 Å². The molecule has 2 atom stereocenters. The first kappa shape index (κ1) is 12.5. The number of nitrogens with zero attached hydrogens (tertiary/aromatic N) is 1. The summed E-state index contributed by atoms with van der Waals surface area (Å²) in [6.45, 7) is 0. The van der Waals surface area contributed by atoms with E-state index < -0.39 is 22.1 Å². The van der Waals surface area contributed by atoms with Crippen LogP contribution in [0.1, 0.15) is 17.0 Å². The van der Waals surface area contributed by atoms with E-state index in [-0.39, 0.29) is 0 Å². The second-order valence-corrected chi connectivity index (χ2v) is 5.80. The first-order chi connectivity index (χ1) is 7.87. The van der Waals surface area contributed by atoms with Gasteiger partial charge in [0.05, 0.1) is 17.6 Å². The molecule has 0 heterocycles. The van der Waals surface area contributed by atoms with E-state index in [1.54, 1.807) is 12.1 Å². The van der Waals surface area contributed by atoms with Crippen molar-refractivity contribution in [2.75, 3.05) is 0 Å². The number of hydrogen-bond acceptors (Lipinski definition) is 2. The van der Waals surface area contributed by atoms with E-state index in [0.717, 1.165) is 0 Å². The number of alkyl halides is 2. The molecule has 0 radical (unpaired) electrons. The maximum absolute atomic E-state index is 11.2. The Labute approximate surface area is 113 Å². The second-order valence-electron chi connectivity index (χ2n) is 3.92. The van der Waals surface area contributed by atoms with Crippen LogP contribution in [0.15, 0.2) is 18.2 Å². The van der Waals surface area contributed by atoms with Crippen LogP contribution in [0.4, 0.5) is 0 Å². The monoisotopic (exact) mass is 288 g/mol. The molecule has 17 heavy (non-hydrogen) atoms. The first-order valence-corrected chi connectivity index (χ1v) is 5.89. The Kier molecular flexibility index (Phi) is 2.99. The van der Waals surface area contributed by atoms with Crippen molar-refractivity contribution < 1.29 is 4.79 Å². The number of hydrogen-bond donors (Lipinski definition) is 1. The molecule has 0 saturated heterocycles. The highest BCUT2D eigenvalue weighted by atomic mass is 35.5. The SMILES string of the molecule is N#Cc1cc(Cl)cc(C2C(C(N)=O)C2(Cl)Cl)c1. The maximum atomic E-state index is 11.2. The summed E-state index contributed by atoms with van der Waals surface area (Å²) in [5.74, 6) is -1.61. The smallest absolute Gasteiger partial charge is 0.224 e. The molecule has 88 valence electrons. The minimum atomic E-state index is -1.21. The molecular weight excluding hydrogens is 282 g/mol. The highest BCUT2D eigenvalue weighted by Crippen LogP contribution is 2.64. The Balaban J connectivity index is 2.41. The van der Waals surface area contributed by atoms with Gasteiger partial charge in [-0.25, -0.2) is 0 Å². The molecule has 3 nitrogen and oxygen atoms in total. The van der Waals surface area contributed by atoms with E-state index in [1.807, 2.05) is 6.07 Å². The summed E-state index contributed by atoms with van der Waals surface area (Å²) < 4.78 is -1.21. The molecule has 0 spiro atoms. The molecule has 0 aromatic heterocycles. The number of carbonyl (C=O) groups excluding carboxylic acids is 1. The van der Waals surface area contributed by atoms with Gasteiger partial charge in [0.2, 0.25) is 5.91 Å². The van der Waals surface area contributed by atoms with Crippen molar-refractivity contribution in [3.63, 3.8) is 0 Å². The van der Waals surface area contributed by atoms with Crippen LogP contribution >= 0.6 is 34.8 Å². The quantitative estimate of drug-likeness (QED) is 0.850. The molecule has 1 amide bonds. The van der Waals surface area contributed by atoms with Crippen molar-refractivity contribution in [2.24, 2.45) is 11.7 Å². The summed E-state index contributed by atoms with van der Waals surface area (Å²) in [6, 6.07) is 6.74. The number of primary amides is 1. The summed E-state index contributed by atoms with van der Waals surface area (Å²) >= 11 is 17.8. The zero-order chi connectivity index (χ0) is 12.8. The van der Waals surface area contributed by atoms with Crippen LogP contribution in [0.5, 0.6) is 0 Å². The molecule has 2 unspecified atom stereocenters. The molecule has 6 heteroatoms. The molecule has 1 aromatic rings. The van der Waals surface area contributed by atoms with Crippen molar-refractivity contribution in [1.82, 2.24) is 0 Å². The fraction of sp³-hybridized carbons (Fsp3) is 0.273. The second kappa shape index (κ2) is 4.06. The van der Waals surface area contributed by atoms with Gasteiger partial charge in [0.15, 0.2) is 0 Å². The van der Waals surface area contributed by atoms with Crippen molar-refractivity contribution in [3.05, 3.63) is 34.3 Å². The van der Waals surface area contributed by atoms with Crippen molar-refractivity contribution in [2.45, 2.75) is 10.3 Å². The third-order valence-electron chi connectivity index (χ3n) is 2.77. The average Bonchev–Trinajstić information content (AvgIpc) is 2.80. The Morgan fingerprint density at radius 2 is 2.06 bits per heavy atom. The number of nitrogens with two attached hydrogens (primary N) is 1. The molecule has 1 saturated carbocycles. The van der Waals surface area contributed by atoms with Gasteiger partial charge in [0.1, 0.15) is 4.33 Å². The number of benzene rings is 1. The molecule has 1 aliphatic carbocycles. The Bertz CT molecular complexity index is 536. The molecule has 0 aliphatic heterocycles. The summed E-state index contributed by atoms with van der Waals surface area (Å²) in [5.41, 5.74) is 6.25. The summed E-state index contributed by atoms with van der Waals surface area (Å²) in [6.07, 6.45) is 0. The third-order valence-corrected chi connectivity index (χ3v) is 3.93. The zero-order valence-corrected chi connectivity index (χ0v) is 10.7. The van der Waals surface area contributed by atoms with Crippen LogP contribution in [-0.4, -0.2) is 10.2 Å². The lowest BCUT2D eigenvalue weighted by Gasteiger charge is -2.02. The normalized spacial score (nSPS) is 25.1. The van der Waals surface area contributed by atoms with Gasteiger partial charge in [0, 0.05) is 10.9 Å². The average molecular weight is 290 g/mol. The van der Waals surface area contributed by atoms with Crippen molar-refractivity contribution in [1.29, 1.82) is 5.26 Å². The van der Waals surface area contributed by atoms with Gasteiger partial charge in [-0.1, -0.05) is 11.6 Å². The topological polar surface area (TPSA) is 66.9 Å². The number of nitriles is 1. The van der Waals surface area contributed by atoms with Gasteiger partial charge in [-0.2, -0.15) is 5.26 Å².